The topological polar surface area (TPSA) is 74.0 Å². The lowest BCUT2D eigenvalue weighted by Gasteiger charge is -2.06. The first-order chi connectivity index (χ1) is 8.04. The van der Waals surface area contributed by atoms with Crippen molar-refractivity contribution >= 4 is 17.5 Å². The van der Waals surface area contributed by atoms with E-state index in [4.69, 9.17) is 5.41 Å². The maximum atomic E-state index is 7.88. The third-order valence-electron chi connectivity index (χ3n) is 2.36. The highest BCUT2D eigenvalue weighted by molar-refractivity contribution is 6.04. The first-order valence-corrected chi connectivity index (χ1v) is 5.75. The fraction of sp³-hybridized carbons (Fsp3) is 0.500. The smallest absolute Gasteiger partial charge is 0.223 e. The maximum absolute atomic E-state index is 7.88. The van der Waals surface area contributed by atoms with Crippen LogP contribution in [0.3, 0.4) is 0 Å². The van der Waals surface area contributed by atoms with Gasteiger partial charge in [0.1, 0.15) is 5.69 Å². The molecule has 92 valence electrons. The molecule has 2 N–H and O–H groups in total. The summed E-state index contributed by atoms with van der Waals surface area (Å²) in [5.41, 5.74) is 1.47. The van der Waals surface area contributed by atoms with Crippen LogP contribution < -0.4 is 5.32 Å². The van der Waals surface area contributed by atoms with Crippen molar-refractivity contribution in [1.29, 1.82) is 5.41 Å². The van der Waals surface area contributed by atoms with Gasteiger partial charge in [-0.1, -0.05) is 13.8 Å². The SMILES string of the molecule is CCNc1nccc(C(=N)N=C(C)C(C)C)n1. The van der Waals surface area contributed by atoms with E-state index in [0.717, 1.165) is 12.3 Å². The molecule has 0 saturated heterocycles. The lowest BCUT2D eigenvalue weighted by Crippen LogP contribution is -2.10. The van der Waals surface area contributed by atoms with Crippen LogP contribution in [0.15, 0.2) is 17.3 Å². The van der Waals surface area contributed by atoms with Gasteiger partial charge in [-0.05, 0) is 25.8 Å². The van der Waals surface area contributed by atoms with Gasteiger partial charge in [0.15, 0.2) is 5.84 Å². The summed E-state index contributed by atoms with van der Waals surface area (Å²) < 4.78 is 0. The summed E-state index contributed by atoms with van der Waals surface area (Å²) in [5.74, 6) is 1.05. The van der Waals surface area contributed by atoms with Crippen molar-refractivity contribution < 1.29 is 0 Å². The van der Waals surface area contributed by atoms with Gasteiger partial charge in [-0.15, -0.1) is 0 Å². The van der Waals surface area contributed by atoms with E-state index >= 15 is 0 Å². The molecule has 1 rings (SSSR count). The number of rotatable bonds is 4. The van der Waals surface area contributed by atoms with E-state index in [0.29, 0.717) is 17.6 Å². The number of aliphatic imine (C=N–C) groups is 1. The number of amidine groups is 1. The molecule has 0 aromatic carbocycles. The second-order valence-electron chi connectivity index (χ2n) is 4.05. The van der Waals surface area contributed by atoms with Crippen LogP contribution in [-0.2, 0) is 0 Å². The van der Waals surface area contributed by atoms with Gasteiger partial charge in [0.25, 0.3) is 0 Å². The first kappa shape index (κ1) is 13.3. The molecule has 0 radical (unpaired) electrons. The number of hydrogen-bond acceptors (Lipinski definition) is 4. The largest absolute Gasteiger partial charge is 0.354 e. The van der Waals surface area contributed by atoms with Crippen LogP contribution in [-0.4, -0.2) is 28.1 Å². The summed E-state index contributed by atoms with van der Waals surface area (Å²) in [4.78, 5) is 12.5. The molecule has 1 aromatic rings. The molecule has 5 nitrogen and oxygen atoms in total. The summed E-state index contributed by atoms with van der Waals surface area (Å²) >= 11 is 0. The standard InChI is InChI=1S/C12H19N5/c1-5-14-12-15-7-6-10(17-12)11(13)16-9(4)8(2)3/h6-8,13H,5H2,1-4H3,(H,14,15,17). The van der Waals surface area contributed by atoms with Gasteiger partial charge in [-0.2, -0.15) is 0 Å². The van der Waals surface area contributed by atoms with Gasteiger partial charge in [0.05, 0.1) is 0 Å². The van der Waals surface area contributed by atoms with Crippen molar-refractivity contribution in [3.8, 4) is 0 Å². The molecule has 0 bridgehead atoms. The molecule has 0 saturated carbocycles. The molecule has 0 atom stereocenters. The minimum Gasteiger partial charge on any atom is -0.354 e. The average molecular weight is 233 g/mol. The maximum Gasteiger partial charge on any atom is 0.223 e. The van der Waals surface area contributed by atoms with Gasteiger partial charge in [0.2, 0.25) is 5.95 Å². The number of nitrogens with zero attached hydrogens (tertiary/aromatic N) is 3. The molecule has 1 heterocycles. The Hall–Kier alpha value is -1.78. The molecule has 0 aliphatic rings. The zero-order valence-corrected chi connectivity index (χ0v) is 10.8. The Kier molecular flexibility index (Phi) is 4.75. The molecule has 1 aromatic heterocycles. The summed E-state index contributed by atoms with van der Waals surface area (Å²) in [6, 6.07) is 1.69. The highest BCUT2D eigenvalue weighted by Crippen LogP contribution is 2.04. The summed E-state index contributed by atoms with van der Waals surface area (Å²) in [7, 11) is 0. The Morgan fingerprint density at radius 3 is 2.82 bits per heavy atom. The lowest BCUT2D eigenvalue weighted by atomic mass is 10.1. The molecule has 0 aliphatic carbocycles. The highest BCUT2D eigenvalue weighted by Gasteiger charge is 2.05. The number of hydrogen-bond donors (Lipinski definition) is 2. The number of nitrogens with one attached hydrogen (secondary N) is 2. The van der Waals surface area contributed by atoms with Gasteiger partial charge < -0.3 is 5.32 Å². The summed E-state index contributed by atoms with van der Waals surface area (Å²) in [6.07, 6.45) is 1.63. The van der Waals surface area contributed by atoms with Crippen LogP contribution in [0.5, 0.6) is 0 Å². The third kappa shape index (κ3) is 3.94. The van der Waals surface area contributed by atoms with Gasteiger partial charge in [0, 0.05) is 18.5 Å². The minimum absolute atomic E-state index is 0.178. The van der Waals surface area contributed by atoms with E-state index < -0.39 is 0 Å². The molecule has 0 spiro atoms. The van der Waals surface area contributed by atoms with E-state index in [-0.39, 0.29) is 5.84 Å². The van der Waals surface area contributed by atoms with Crippen LogP contribution in [0.2, 0.25) is 0 Å². The van der Waals surface area contributed by atoms with Crippen molar-refractivity contribution in [2.24, 2.45) is 10.9 Å². The second-order valence-corrected chi connectivity index (χ2v) is 4.05. The van der Waals surface area contributed by atoms with Crippen molar-refractivity contribution in [2.75, 3.05) is 11.9 Å². The van der Waals surface area contributed by atoms with Crippen molar-refractivity contribution in [3.63, 3.8) is 0 Å². The van der Waals surface area contributed by atoms with Gasteiger partial charge in [-0.25, -0.2) is 15.0 Å². The zero-order valence-electron chi connectivity index (χ0n) is 10.8. The normalized spacial score (nSPS) is 11.7. The molecule has 0 fully saturated rings. The molecule has 0 aliphatic heterocycles. The van der Waals surface area contributed by atoms with Crippen molar-refractivity contribution in [2.45, 2.75) is 27.7 Å². The number of aromatic nitrogens is 2. The Bertz CT molecular complexity index is 423. The molecule has 5 heteroatoms. The highest BCUT2D eigenvalue weighted by atomic mass is 15.1. The van der Waals surface area contributed by atoms with Gasteiger partial charge >= 0.3 is 0 Å². The lowest BCUT2D eigenvalue weighted by molar-refractivity contribution is 0.880. The predicted molar refractivity (Wildman–Crippen MR) is 71.0 cm³/mol. The van der Waals surface area contributed by atoms with Gasteiger partial charge in [-0.3, -0.25) is 5.41 Å². The van der Waals surface area contributed by atoms with E-state index in [9.17, 15) is 0 Å². The molecular formula is C12H19N5. The quantitative estimate of drug-likeness (QED) is 0.619. The fourth-order valence-corrected chi connectivity index (χ4v) is 1.10. The Balaban J connectivity index is 2.89. The first-order valence-electron chi connectivity index (χ1n) is 5.75. The molecule has 0 amide bonds. The summed E-state index contributed by atoms with van der Waals surface area (Å²) in [5, 5.41) is 10.9. The molecular weight excluding hydrogens is 214 g/mol. The Morgan fingerprint density at radius 1 is 1.53 bits per heavy atom. The van der Waals surface area contributed by atoms with Crippen LogP contribution >= 0.6 is 0 Å². The number of anilines is 1. The van der Waals surface area contributed by atoms with E-state index in [2.05, 4.69) is 34.1 Å². The average Bonchev–Trinajstić information content (AvgIpc) is 2.29. The van der Waals surface area contributed by atoms with E-state index in [1.165, 1.54) is 0 Å². The Morgan fingerprint density at radius 2 is 2.24 bits per heavy atom. The third-order valence-corrected chi connectivity index (χ3v) is 2.36. The predicted octanol–water partition coefficient (Wildman–Crippen LogP) is 2.35. The second kappa shape index (κ2) is 6.08. The van der Waals surface area contributed by atoms with Crippen LogP contribution in [0.25, 0.3) is 0 Å². The fourth-order valence-electron chi connectivity index (χ4n) is 1.10. The minimum atomic E-state index is 0.178. The molecule has 0 unspecified atom stereocenters. The Labute approximate surface area is 102 Å². The monoisotopic (exact) mass is 233 g/mol. The zero-order chi connectivity index (χ0) is 12.8. The van der Waals surface area contributed by atoms with Crippen LogP contribution in [0, 0.1) is 11.3 Å². The molecule has 17 heavy (non-hydrogen) atoms. The van der Waals surface area contributed by atoms with Crippen LogP contribution in [0.1, 0.15) is 33.4 Å². The van der Waals surface area contributed by atoms with Crippen molar-refractivity contribution in [3.05, 3.63) is 18.0 Å². The van der Waals surface area contributed by atoms with Crippen LogP contribution in [0.4, 0.5) is 5.95 Å². The van der Waals surface area contributed by atoms with E-state index in [1.807, 2.05) is 13.8 Å². The summed E-state index contributed by atoms with van der Waals surface area (Å²) in [6.45, 7) is 8.76. The van der Waals surface area contributed by atoms with E-state index in [1.54, 1.807) is 12.3 Å². The van der Waals surface area contributed by atoms with Crippen molar-refractivity contribution in [1.82, 2.24) is 9.97 Å².